The Morgan fingerprint density at radius 3 is 2.52 bits per heavy atom. The number of aryl methyl sites for hydroxylation is 1. The Morgan fingerprint density at radius 2 is 1.83 bits per heavy atom. The molecule has 2 aromatic heterocycles. The first-order valence-corrected chi connectivity index (χ1v) is 11.4. The fraction of sp³-hybridized carbons (Fsp3) is 0.217. The highest BCUT2D eigenvalue weighted by Crippen LogP contribution is 2.36. The van der Waals surface area contributed by atoms with E-state index in [9.17, 15) is 4.79 Å². The number of fused-ring (bicyclic) bond motifs is 1. The van der Waals surface area contributed by atoms with Gasteiger partial charge >= 0.3 is 0 Å². The highest BCUT2D eigenvalue weighted by atomic mass is 35.5. The number of thiophene rings is 1. The molecule has 148 valence electrons. The second kappa shape index (κ2) is 7.56. The number of thiazole rings is 1. The Bertz CT molecular complexity index is 1200. The maximum Gasteiger partial charge on any atom is 0.269 e. The topological polar surface area (TPSA) is 42.0 Å². The molecule has 0 aliphatic carbocycles. The molecule has 0 saturated carbocycles. The van der Waals surface area contributed by atoms with E-state index in [-0.39, 0.29) is 11.3 Å². The summed E-state index contributed by atoms with van der Waals surface area (Å²) in [7, 11) is 0. The van der Waals surface area contributed by atoms with Crippen molar-refractivity contribution in [2.45, 2.75) is 33.1 Å². The van der Waals surface area contributed by atoms with Gasteiger partial charge < -0.3 is 0 Å². The number of hydrogen-bond donors (Lipinski definition) is 1. The number of carbonyl (C=O) groups excluding carboxylic acids is 1. The molecule has 1 N–H and O–H groups in total. The summed E-state index contributed by atoms with van der Waals surface area (Å²) in [5.74, 6) is -0.224. The summed E-state index contributed by atoms with van der Waals surface area (Å²) in [4.78, 5) is 17.9. The average Bonchev–Trinajstić information content (AvgIpc) is 3.25. The van der Waals surface area contributed by atoms with E-state index in [1.54, 1.807) is 0 Å². The van der Waals surface area contributed by atoms with Gasteiger partial charge in [-0.3, -0.25) is 10.1 Å². The van der Waals surface area contributed by atoms with Gasteiger partial charge in [-0.05, 0) is 29.5 Å². The molecule has 0 atom stereocenters. The van der Waals surface area contributed by atoms with Crippen LogP contribution in [0.1, 0.15) is 41.6 Å². The molecule has 0 aliphatic rings. The first-order valence-electron chi connectivity index (χ1n) is 9.29. The SMILES string of the molecule is Cc1ccc2c(Cl)c(C(=O)Nc3nc(-c4ccc(C(C)(C)C)cc4)cs3)sc2c1. The van der Waals surface area contributed by atoms with E-state index in [4.69, 9.17) is 11.6 Å². The number of anilines is 1. The number of nitrogens with one attached hydrogen (secondary N) is 1. The lowest BCUT2D eigenvalue weighted by Gasteiger charge is -2.18. The number of halogens is 1. The molecule has 0 spiro atoms. The smallest absolute Gasteiger partial charge is 0.269 e. The van der Waals surface area contributed by atoms with Gasteiger partial charge in [-0.2, -0.15) is 0 Å². The molecular formula is C23H21ClN2OS2. The van der Waals surface area contributed by atoms with Gasteiger partial charge in [0.15, 0.2) is 5.13 Å². The quantitative estimate of drug-likeness (QED) is 0.357. The highest BCUT2D eigenvalue weighted by Gasteiger charge is 2.19. The summed E-state index contributed by atoms with van der Waals surface area (Å²) in [6.45, 7) is 8.61. The molecule has 0 radical (unpaired) electrons. The average molecular weight is 441 g/mol. The molecule has 0 unspecified atom stereocenters. The van der Waals surface area contributed by atoms with Gasteiger partial charge in [0.05, 0.1) is 10.7 Å². The van der Waals surface area contributed by atoms with E-state index in [1.807, 2.05) is 30.5 Å². The Kier molecular flexibility index (Phi) is 5.23. The maximum absolute atomic E-state index is 12.8. The Hall–Kier alpha value is -2.21. The number of amides is 1. The van der Waals surface area contributed by atoms with E-state index in [1.165, 1.54) is 28.2 Å². The summed E-state index contributed by atoms with van der Waals surface area (Å²) < 4.78 is 1.01. The number of benzene rings is 2. The molecule has 4 rings (SSSR count). The Morgan fingerprint density at radius 1 is 1.10 bits per heavy atom. The molecule has 1 amide bonds. The molecule has 0 aliphatic heterocycles. The predicted octanol–water partition coefficient (Wildman–Crippen LogP) is 7.54. The monoisotopic (exact) mass is 440 g/mol. The molecule has 29 heavy (non-hydrogen) atoms. The van der Waals surface area contributed by atoms with Gasteiger partial charge in [0.25, 0.3) is 5.91 Å². The third kappa shape index (κ3) is 4.08. The van der Waals surface area contributed by atoms with Gasteiger partial charge in [0, 0.05) is 21.0 Å². The van der Waals surface area contributed by atoms with Gasteiger partial charge in [-0.1, -0.05) is 68.8 Å². The summed E-state index contributed by atoms with van der Waals surface area (Å²) in [6.07, 6.45) is 0. The molecule has 6 heteroatoms. The number of nitrogens with zero attached hydrogens (tertiary/aromatic N) is 1. The minimum atomic E-state index is -0.224. The van der Waals surface area contributed by atoms with Crippen LogP contribution in [0.4, 0.5) is 5.13 Å². The third-order valence-corrected chi connectivity index (χ3v) is 7.18. The van der Waals surface area contributed by atoms with Crippen LogP contribution in [0, 0.1) is 6.92 Å². The van der Waals surface area contributed by atoms with Crippen LogP contribution in [-0.4, -0.2) is 10.9 Å². The van der Waals surface area contributed by atoms with Crippen molar-refractivity contribution < 1.29 is 4.79 Å². The van der Waals surface area contributed by atoms with Crippen LogP contribution in [0.2, 0.25) is 5.02 Å². The lowest BCUT2D eigenvalue weighted by atomic mass is 9.86. The minimum absolute atomic E-state index is 0.113. The van der Waals surface area contributed by atoms with E-state index < -0.39 is 0 Å². The number of hydrogen-bond acceptors (Lipinski definition) is 4. The van der Waals surface area contributed by atoms with Gasteiger partial charge in [0.1, 0.15) is 4.88 Å². The van der Waals surface area contributed by atoms with Crippen molar-refractivity contribution in [3.63, 3.8) is 0 Å². The third-order valence-electron chi connectivity index (χ3n) is 4.76. The summed E-state index contributed by atoms with van der Waals surface area (Å²) in [5.41, 5.74) is 4.42. The molecule has 4 aromatic rings. The van der Waals surface area contributed by atoms with Crippen LogP contribution in [0.5, 0.6) is 0 Å². The molecule has 3 nitrogen and oxygen atoms in total. The van der Waals surface area contributed by atoms with Crippen molar-refractivity contribution in [1.29, 1.82) is 0 Å². The predicted molar refractivity (Wildman–Crippen MR) is 126 cm³/mol. The number of rotatable bonds is 3. The van der Waals surface area contributed by atoms with Crippen LogP contribution >= 0.6 is 34.3 Å². The van der Waals surface area contributed by atoms with Crippen LogP contribution in [0.3, 0.4) is 0 Å². The van der Waals surface area contributed by atoms with Crippen molar-refractivity contribution in [3.8, 4) is 11.3 Å². The standard InChI is InChI=1S/C23H21ClN2OS2/c1-13-5-10-16-18(11-13)29-20(19(16)24)21(27)26-22-25-17(12-28-22)14-6-8-15(9-7-14)23(2,3)4/h5-12H,1-4H3,(H,25,26,27). The summed E-state index contributed by atoms with van der Waals surface area (Å²) in [5, 5.41) is 6.82. The van der Waals surface area contributed by atoms with E-state index in [0.29, 0.717) is 15.0 Å². The zero-order valence-electron chi connectivity index (χ0n) is 16.7. The zero-order chi connectivity index (χ0) is 20.8. The zero-order valence-corrected chi connectivity index (χ0v) is 19.1. The van der Waals surface area contributed by atoms with Crippen molar-refractivity contribution in [2.75, 3.05) is 5.32 Å². The van der Waals surface area contributed by atoms with E-state index in [0.717, 1.165) is 26.9 Å². The minimum Gasteiger partial charge on any atom is -0.297 e. The van der Waals surface area contributed by atoms with Crippen molar-refractivity contribution in [1.82, 2.24) is 4.98 Å². The Labute approximate surface area is 183 Å². The van der Waals surface area contributed by atoms with Crippen molar-refractivity contribution in [3.05, 3.63) is 68.9 Å². The second-order valence-corrected chi connectivity index (χ2v) is 10.4. The summed E-state index contributed by atoms with van der Waals surface area (Å²) >= 11 is 9.27. The molecule has 0 bridgehead atoms. The molecule has 2 aromatic carbocycles. The van der Waals surface area contributed by atoms with Gasteiger partial charge in [-0.25, -0.2) is 4.98 Å². The first kappa shape index (κ1) is 20.1. The largest absolute Gasteiger partial charge is 0.297 e. The normalized spacial score (nSPS) is 11.8. The van der Waals surface area contributed by atoms with E-state index in [2.05, 4.69) is 55.3 Å². The lowest BCUT2D eigenvalue weighted by molar-refractivity contribution is 0.103. The fourth-order valence-electron chi connectivity index (χ4n) is 3.08. The molecule has 0 saturated heterocycles. The van der Waals surface area contributed by atoms with Gasteiger partial charge in [0.2, 0.25) is 0 Å². The van der Waals surface area contributed by atoms with E-state index >= 15 is 0 Å². The summed E-state index contributed by atoms with van der Waals surface area (Å²) in [6, 6.07) is 14.4. The van der Waals surface area contributed by atoms with Crippen molar-refractivity contribution in [2.24, 2.45) is 0 Å². The molecule has 0 fully saturated rings. The lowest BCUT2D eigenvalue weighted by Crippen LogP contribution is -2.10. The van der Waals surface area contributed by atoms with Crippen LogP contribution in [-0.2, 0) is 5.41 Å². The molecular weight excluding hydrogens is 420 g/mol. The van der Waals surface area contributed by atoms with Crippen LogP contribution < -0.4 is 5.32 Å². The van der Waals surface area contributed by atoms with Gasteiger partial charge in [-0.15, -0.1) is 22.7 Å². The van der Waals surface area contributed by atoms with Crippen LogP contribution in [0.25, 0.3) is 21.3 Å². The Balaban J connectivity index is 1.55. The van der Waals surface area contributed by atoms with Crippen LogP contribution in [0.15, 0.2) is 47.8 Å². The second-order valence-electron chi connectivity index (χ2n) is 8.06. The first-order chi connectivity index (χ1) is 13.7. The maximum atomic E-state index is 12.8. The fourth-order valence-corrected chi connectivity index (χ4v) is 5.30. The number of carbonyl (C=O) groups is 1. The number of aromatic nitrogens is 1. The molecule has 2 heterocycles. The highest BCUT2D eigenvalue weighted by molar-refractivity contribution is 7.22. The van der Waals surface area contributed by atoms with Crippen molar-refractivity contribution >= 4 is 55.4 Å².